The molecule has 0 unspecified atom stereocenters. The van der Waals surface area contributed by atoms with Crippen molar-refractivity contribution in [2.45, 2.75) is 19.4 Å². The van der Waals surface area contributed by atoms with Gasteiger partial charge < -0.3 is 10.4 Å². The Morgan fingerprint density at radius 2 is 2.40 bits per heavy atom. The minimum Gasteiger partial charge on any atom is -0.481 e. The Balaban J connectivity index is 2.63. The van der Waals surface area contributed by atoms with Crippen molar-refractivity contribution in [2.24, 2.45) is 5.92 Å². The van der Waals surface area contributed by atoms with Gasteiger partial charge in [0.05, 0.1) is 5.92 Å². The minimum atomic E-state index is -0.897. The third-order valence-corrected chi connectivity index (χ3v) is 1.71. The molecule has 56 valence electrons. The van der Waals surface area contributed by atoms with Crippen LogP contribution in [0, 0.1) is 5.92 Å². The van der Waals surface area contributed by atoms with Gasteiger partial charge in [-0.25, -0.2) is 0 Å². The number of amides is 1. The first-order chi connectivity index (χ1) is 4.61. The third kappa shape index (κ3) is 1.10. The molecular weight excluding hydrogens is 134 g/mol. The summed E-state index contributed by atoms with van der Waals surface area (Å²) in [4.78, 5) is 21.0. The molecule has 1 aliphatic rings. The van der Waals surface area contributed by atoms with Crippen molar-refractivity contribution >= 4 is 11.9 Å². The molecule has 0 spiro atoms. The van der Waals surface area contributed by atoms with Crippen molar-refractivity contribution in [1.82, 2.24) is 5.32 Å². The second kappa shape index (κ2) is 2.28. The fourth-order valence-corrected chi connectivity index (χ4v) is 1.09. The Morgan fingerprint density at radius 1 is 1.80 bits per heavy atom. The molecule has 0 saturated carbocycles. The van der Waals surface area contributed by atoms with Gasteiger partial charge in [-0.2, -0.15) is 0 Å². The smallest absolute Gasteiger partial charge is 0.309 e. The predicted octanol–water partition coefficient (Wildman–Crippen LogP) is -0.404. The van der Waals surface area contributed by atoms with Gasteiger partial charge in [-0.1, -0.05) is 0 Å². The molecule has 1 fully saturated rings. The number of aliphatic carboxylic acids is 1. The molecular formula is C6H9NO3. The van der Waals surface area contributed by atoms with Gasteiger partial charge in [0.1, 0.15) is 0 Å². The largest absolute Gasteiger partial charge is 0.481 e. The number of nitrogens with one attached hydrogen (secondary N) is 1. The number of rotatable bonds is 1. The van der Waals surface area contributed by atoms with E-state index in [2.05, 4.69) is 5.32 Å². The number of carbonyl (C=O) groups excluding carboxylic acids is 1. The van der Waals surface area contributed by atoms with E-state index in [9.17, 15) is 9.59 Å². The molecule has 1 amide bonds. The zero-order chi connectivity index (χ0) is 7.72. The van der Waals surface area contributed by atoms with Gasteiger partial charge in [-0.3, -0.25) is 9.59 Å². The molecule has 1 rings (SSSR count). The van der Waals surface area contributed by atoms with E-state index >= 15 is 0 Å². The first kappa shape index (κ1) is 7.05. The number of hydrogen-bond acceptors (Lipinski definition) is 2. The summed E-state index contributed by atoms with van der Waals surface area (Å²) in [5.41, 5.74) is 0. The van der Waals surface area contributed by atoms with Crippen LogP contribution < -0.4 is 5.32 Å². The maximum absolute atomic E-state index is 10.6. The molecule has 4 nitrogen and oxygen atoms in total. The van der Waals surface area contributed by atoms with Crippen LogP contribution in [0.25, 0.3) is 0 Å². The first-order valence-electron chi connectivity index (χ1n) is 3.13. The molecule has 0 aromatic carbocycles. The summed E-state index contributed by atoms with van der Waals surface area (Å²) in [5, 5.41) is 11.0. The zero-order valence-electron chi connectivity index (χ0n) is 5.63. The Kier molecular flexibility index (Phi) is 1.61. The lowest BCUT2D eigenvalue weighted by Gasteiger charge is -2.06. The summed E-state index contributed by atoms with van der Waals surface area (Å²) < 4.78 is 0. The van der Waals surface area contributed by atoms with Crippen LogP contribution in [0.3, 0.4) is 0 Å². The van der Waals surface area contributed by atoms with Gasteiger partial charge in [-0.15, -0.1) is 0 Å². The van der Waals surface area contributed by atoms with E-state index in [4.69, 9.17) is 5.11 Å². The maximum Gasteiger partial charge on any atom is 0.309 e. The fraction of sp³-hybridized carbons (Fsp3) is 0.667. The Labute approximate surface area is 58.2 Å². The number of carboxylic acid groups (broad SMARTS) is 1. The lowest BCUT2D eigenvalue weighted by atomic mass is 10.0. The van der Waals surface area contributed by atoms with E-state index in [1.807, 2.05) is 0 Å². The molecule has 2 N–H and O–H groups in total. The van der Waals surface area contributed by atoms with E-state index in [1.165, 1.54) is 0 Å². The molecule has 4 heteroatoms. The van der Waals surface area contributed by atoms with Gasteiger partial charge in [0, 0.05) is 12.5 Å². The van der Waals surface area contributed by atoms with E-state index < -0.39 is 11.9 Å². The molecule has 2 atom stereocenters. The summed E-state index contributed by atoms with van der Waals surface area (Å²) >= 11 is 0. The lowest BCUT2D eigenvalue weighted by Crippen LogP contribution is -2.28. The minimum absolute atomic E-state index is 0.122. The van der Waals surface area contributed by atoms with Gasteiger partial charge in [0.15, 0.2) is 0 Å². The van der Waals surface area contributed by atoms with Gasteiger partial charge >= 0.3 is 5.97 Å². The fourth-order valence-electron chi connectivity index (χ4n) is 1.09. The standard InChI is InChI=1S/C6H9NO3/c1-3-4(6(9)10)2-5(8)7-3/h3-4H,2H2,1H3,(H,7,8)(H,9,10)/t3-,4+/m1/s1. The van der Waals surface area contributed by atoms with Crippen molar-refractivity contribution in [3.05, 3.63) is 0 Å². The molecule has 0 bridgehead atoms. The van der Waals surface area contributed by atoms with Crippen molar-refractivity contribution < 1.29 is 14.7 Å². The van der Waals surface area contributed by atoms with Crippen LogP contribution in [0.1, 0.15) is 13.3 Å². The van der Waals surface area contributed by atoms with Crippen LogP contribution in [0.15, 0.2) is 0 Å². The average Bonchev–Trinajstić information content (AvgIpc) is 2.10. The molecule has 1 saturated heterocycles. The first-order valence-corrected chi connectivity index (χ1v) is 3.13. The van der Waals surface area contributed by atoms with E-state index in [0.29, 0.717) is 0 Å². The number of carboxylic acids is 1. The Morgan fingerprint density at radius 3 is 2.60 bits per heavy atom. The van der Waals surface area contributed by atoms with Crippen molar-refractivity contribution in [1.29, 1.82) is 0 Å². The summed E-state index contributed by atoms with van der Waals surface area (Å²) in [6.45, 7) is 1.70. The summed E-state index contributed by atoms with van der Waals surface area (Å²) in [7, 11) is 0. The van der Waals surface area contributed by atoms with Crippen LogP contribution >= 0.6 is 0 Å². The van der Waals surface area contributed by atoms with Crippen LogP contribution in [0.2, 0.25) is 0 Å². The van der Waals surface area contributed by atoms with E-state index in [-0.39, 0.29) is 18.4 Å². The SMILES string of the molecule is C[C@H]1NC(=O)C[C@@H]1C(=O)O. The second-order valence-corrected chi connectivity index (χ2v) is 2.51. The summed E-state index contributed by atoms with van der Waals surface area (Å²) in [5.74, 6) is -1.60. The predicted molar refractivity (Wildman–Crippen MR) is 33.3 cm³/mol. The Hall–Kier alpha value is -1.06. The normalized spacial score (nSPS) is 31.9. The van der Waals surface area contributed by atoms with Crippen LogP contribution in [-0.2, 0) is 9.59 Å². The third-order valence-electron chi connectivity index (χ3n) is 1.71. The molecule has 0 radical (unpaired) electrons. The highest BCUT2D eigenvalue weighted by molar-refractivity contribution is 5.86. The second-order valence-electron chi connectivity index (χ2n) is 2.51. The van der Waals surface area contributed by atoms with Crippen LogP contribution in [0.4, 0.5) is 0 Å². The van der Waals surface area contributed by atoms with Crippen LogP contribution in [0.5, 0.6) is 0 Å². The summed E-state index contributed by atoms with van der Waals surface area (Å²) in [6.07, 6.45) is 0.122. The van der Waals surface area contributed by atoms with Gasteiger partial charge in [0.25, 0.3) is 0 Å². The highest BCUT2D eigenvalue weighted by Gasteiger charge is 2.34. The highest BCUT2D eigenvalue weighted by Crippen LogP contribution is 2.15. The molecule has 0 aromatic heterocycles. The molecule has 10 heavy (non-hydrogen) atoms. The summed E-state index contributed by atoms with van der Waals surface area (Å²) in [6, 6.07) is -0.218. The quantitative estimate of drug-likeness (QED) is 0.524. The molecule has 0 aliphatic carbocycles. The van der Waals surface area contributed by atoms with Gasteiger partial charge in [0.2, 0.25) is 5.91 Å². The topological polar surface area (TPSA) is 66.4 Å². The molecule has 1 heterocycles. The van der Waals surface area contributed by atoms with Crippen molar-refractivity contribution in [2.75, 3.05) is 0 Å². The molecule has 0 aromatic rings. The molecule has 1 aliphatic heterocycles. The zero-order valence-corrected chi connectivity index (χ0v) is 5.63. The van der Waals surface area contributed by atoms with E-state index in [1.54, 1.807) is 6.92 Å². The van der Waals surface area contributed by atoms with E-state index in [0.717, 1.165) is 0 Å². The number of carbonyl (C=O) groups is 2. The van der Waals surface area contributed by atoms with Crippen molar-refractivity contribution in [3.8, 4) is 0 Å². The van der Waals surface area contributed by atoms with Crippen molar-refractivity contribution in [3.63, 3.8) is 0 Å². The lowest BCUT2D eigenvalue weighted by molar-refractivity contribution is -0.142. The number of hydrogen-bond donors (Lipinski definition) is 2. The highest BCUT2D eigenvalue weighted by atomic mass is 16.4. The maximum atomic E-state index is 10.6. The monoisotopic (exact) mass is 143 g/mol. The Bertz CT molecular complexity index is 178. The van der Waals surface area contributed by atoms with Crippen LogP contribution in [-0.4, -0.2) is 23.0 Å². The average molecular weight is 143 g/mol. The van der Waals surface area contributed by atoms with Gasteiger partial charge in [-0.05, 0) is 6.92 Å².